The Morgan fingerprint density at radius 2 is 2.10 bits per heavy atom. The molecule has 1 spiro atoms. The van der Waals surface area contributed by atoms with E-state index in [1.807, 2.05) is 6.07 Å². The van der Waals surface area contributed by atoms with Crippen LogP contribution in [0.5, 0.6) is 5.75 Å². The predicted octanol–water partition coefficient (Wildman–Crippen LogP) is 1.42. The van der Waals surface area contributed by atoms with Gasteiger partial charge in [-0.15, -0.1) is 0 Å². The van der Waals surface area contributed by atoms with Crippen molar-refractivity contribution in [2.75, 3.05) is 13.2 Å². The first kappa shape index (κ1) is 18.7. The van der Waals surface area contributed by atoms with Crippen molar-refractivity contribution in [1.82, 2.24) is 4.90 Å². The van der Waals surface area contributed by atoms with Crippen molar-refractivity contribution >= 4 is 17.7 Å². The van der Waals surface area contributed by atoms with Crippen LogP contribution >= 0.6 is 0 Å². The van der Waals surface area contributed by atoms with Gasteiger partial charge in [0.1, 0.15) is 29.4 Å². The molecule has 1 aliphatic carbocycles. The van der Waals surface area contributed by atoms with Crippen LogP contribution in [0.4, 0.5) is 0 Å². The first-order valence-electron chi connectivity index (χ1n) is 9.38. The summed E-state index contributed by atoms with van der Waals surface area (Å²) in [6.45, 7) is 1.51. The zero-order valence-electron chi connectivity index (χ0n) is 15.9. The average Bonchev–Trinajstić information content (AvgIpc) is 2.93. The molecule has 4 rings (SSSR count). The summed E-state index contributed by atoms with van der Waals surface area (Å²) in [5.74, 6) is -1.29. The quantitative estimate of drug-likeness (QED) is 0.771. The molecule has 1 amide bonds. The number of carbonyl (C=O) groups excluding carboxylic acids is 3. The van der Waals surface area contributed by atoms with Gasteiger partial charge in [0.2, 0.25) is 11.8 Å². The zero-order chi connectivity index (χ0) is 20.8. The van der Waals surface area contributed by atoms with Gasteiger partial charge in [-0.05, 0) is 25.8 Å². The number of carbonyl (C=O) groups is 3. The number of allylic oxidation sites excluding steroid dienone is 1. The van der Waals surface area contributed by atoms with E-state index in [9.17, 15) is 19.6 Å². The third kappa shape index (κ3) is 2.47. The minimum Gasteiger partial charge on any atom is -0.465 e. The van der Waals surface area contributed by atoms with Crippen molar-refractivity contribution in [2.24, 2.45) is 5.73 Å². The molecule has 1 aromatic rings. The summed E-state index contributed by atoms with van der Waals surface area (Å²) in [7, 11) is 0. The lowest BCUT2D eigenvalue weighted by atomic mass is 9.65. The highest BCUT2D eigenvalue weighted by atomic mass is 16.5. The van der Waals surface area contributed by atoms with E-state index >= 15 is 0 Å². The average molecular weight is 393 g/mol. The molecule has 1 aromatic carbocycles. The second-order valence-electron chi connectivity index (χ2n) is 6.99. The van der Waals surface area contributed by atoms with Gasteiger partial charge in [0.15, 0.2) is 5.78 Å². The first-order valence-corrected chi connectivity index (χ1v) is 9.38. The highest BCUT2D eigenvalue weighted by molar-refractivity contribution is 6.15. The molecule has 2 N–H and O–H groups in total. The number of amides is 1. The molecule has 0 aromatic heterocycles. The van der Waals surface area contributed by atoms with E-state index in [-0.39, 0.29) is 42.4 Å². The molecule has 0 saturated heterocycles. The van der Waals surface area contributed by atoms with E-state index in [1.165, 1.54) is 4.90 Å². The third-order valence-electron chi connectivity index (χ3n) is 5.49. The number of nitriles is 1. The number of ether oxygens (including phenoxy) is 2. The summed E-state index contributed by atoms with van der Waals surface area (Å²) in [5, 5.41) is 9.90. The van der Waals surface area contributed by atoms with Crippen LogP contribution in [0.15, 0.2) is 47.0 Å². The van der Waals surface area contributed by atoms with E-state index in [2.05, 4.69) is 0 Å². The van der Waals surface area contributed by atoms with Crippen LogP contribution in [-0.2, 0) is 24.5 Å². The summed E-state index contributed by atoms with van der Waals surface area (Å²) >= 11 is 0. The second-order valence-corrected chi connectivity index (χ2v) is 6.99. The fraction of sp³-hybridized carbons (Fsp3) is 0.333. The number of para-hydroxylation sites is 1. The van der Waals surface area contributed by atoms with Gasteiger partial charge in [-0.2, -0.15) is 5.26 Å². The molecule has 0 bridgehead atoms. The van der Waals surface area contributed by atoms with Gasteiger partial charge in [-0.25, -0.2) is 0 Å². The van der Waals surface area contributed by atoms with Crippen molar-refractivity contribution in [3.63, 3.8) is 0 Å². The van der Waals surface area contributed by atoms with Gasteiger partial charge in [0.25, 0.3) is 0 Å². The maximum Gasteiger partial charge on any atom is 0.326 e. The number of hydrogen-bond donors (Lipinski definition) is 1. The van der Waals surface area contributed by atoms with E-state index in [1.54, 1.807) is 31.2 Å². The predicted molar refractivity (Wildman–Crippen MR) is 99.8 cm³/mol. The van der Waals surface area contributed by atoms with Crippen LogP contribution in [0.25, 0.3) is 0 Å². The van der Waals surface area contributed by atoms with Crippen LogP contribution in [0.3, 0.4) is 0 Å². The van der Waals surface area contributed by atoms with E-state index in [4.69, 9.17) is 15.2 Å². The molecule has 0 unspecified atom stereocenters. The molecule has 1 atom stereocenters. The van der Waals surface area contributed by atoms with E-state index in [0.29, 0.717) is 29.9 Å². The normalized spacial score (nSPS) is 23.0. The summed E-state index contributed by atoms with van der Waals surface area (Å²) in [5.41, 5.74) is 5.24. The molecule has 2 heterocycles. The SMILES string of the molecule is CCOC(=O)CN1C(=O)[C@@]2(C(C#N)=C(N)Oc3ccccc32)C2=C1CCCC2=O. The molecule has 0 saturated carbocycles. The Bertz CT molecular complexity index is 1050. The van der Waals surface area contributed by atoms with Gasteiger partial charge in [-0.1, -0.05) is 18.2 Å². The maximum atomic E-state index is 13.8. The van der Waals surface area contributed by atoms with Crippen LogP contribution in [0.1, 0.15) is 31.7 Å². The summed E-state index contributed by atoms with van der Waals surface area (Å²) in [6, 6.07) is 8.69. The van der Waals surface area contributed by atoms with Gasteiger partial charge < -0.3 is 20.1 Å². The highest BCUT2D eigenvalue weighted by Gasteiger charge is 2.62. The number of fused-ring (bicyclic) bond motifs is 3. The Morgan fingerprint density at radius 3 is 2.83 bits per heavy atom. The smallest absolute Gasteiger partial charge is 0.326 e. The second kappa shape index (κ2) is 6.78. The van der Waals surface area contributed by atoms with Gasteiger partial charge in [0, 0.05) is 23.3 Å². The minimum absolute atomic E-state index is 0.129. The summed E-state index contributed by atoms with van der Waals surface area (Å²) in [6.07, 6.45) is 1.25. The van der Waals surface area contributed by atoms with Crippen LogP contribution in [0, 0.1) is 11.3 Å². The first-order chi connectivity index (χ1) is 14.0. The van der Waals surface area contributed by atoms with Gasteiger partial charge >= 0.3 is 5.97 Å². The fourth-order valence-corrected chi connectivity index (χ4v) is 4.43. The molecule has 0 radical (unpaired) electrons. The molecule has 148 valence electrons. The molecular weight excluding hydrogens is 374 g/mol. The fourth-order valence-electron chi connectivity index (χ4n) is 4.43. The molecule has 8 heteroatoms. The number of hydrogen-bond acceptors (Lipinski definition) is 7. The zero-order valence-corrected chi connectivity index (χ0v) is 15.9. The Morgan fingerprint density at radius 1 is 1.34 bits per heavy atom. The molecule has 0 fully saturated rings. The van der Waals surface area contributed by atoms with Gasteiger partial charge in [0.05, 0.1) is 6.61 Å². The Hall–Kier alpha value is -3.60. The largest absolute Gasteiger partial charge is 0.465 e. The van der Waals surface area contributed by atoms with Crippen molar-refractivity contribution in [3.8, 4) is 11.8 Å². The molecule has 29 heavy (non-hydrogen) atoms. The number of nitrogens with two attached hydrogens (primary N) is 1. The molecule has 3 aliphatic rings. The van der Waals surface area contributed by atoms with Crippen LogP contribution in [0.2, 0.25) is 0 Å². The number of benzene rings is 1. The Labute approximate surface area is 167 Å². The lowest BCUT2D eigenvalue weighted by molar-refractivity contribution is -0.148. The number of Topliss-reactive ketones (excluding diaryl/α,β-unsaturated/α-hetero) is 1. The van der Waals surface area contributed by atoms with Gasteiger partial charge in [-0.3, -0.25) is 14.4 Å². The monoisotopic (exact) mass is 393 g/mol. The number of ketones is 1. The lowest BCUT2D eigenvalue weighted by Crippen LogP contribution is -2.47. The van der Waals surface area contributed by atoms with Crippen molar-refractivity contribution < 1.29 is 23.9 Å². The summed E-state index contributed by atoms with van der Waals surface area (Å²) in [4.78, 5) is 40.4. The minimum atomic E-state index is -1.70. The maximum absolute atomic E-state index is 13.8. The number of esters is 1. The highest BCUT2D eigenvalue weighted by Crippen LogP contribution is 2.55. The third-order valence-corrected chi connectivity index (χ3v) is 5.49. The molecule has 8 nitrogen and oxygen atoms in total. The standard InChI is InChI=1S/C21H19N3O5/c1-2-28-17(26)11-24-14-7-5-8-15(25)18(14)21(20(24)27)12-6-3-4-9-16(12)29-19(23)13(21)10-22/h3-4,6,9H,2,5,7-8,11,23H2,1H3/t21-/m0/s1. The Kier molecular flexibility index (Phi) is 4.38. The van der Waals surface area contributed by atoms with Crippen molar-refractivity contribution in [2.45, 2.75) is 31.6 Å². The van der Waals surface area contributed by atoms with E-state index in [0.717, 1.165) is 0 Å². The molecule has 2 aliphatic heterocycles. The molecular formula is C21H19N3O5. The van der Waals surface area contributed by atoms with Crippen LogP contribution in [-0.4, -0.2) is 35.7 Å². The topological polar surface area (TPSA) is 123 Å². The number of nitrogens with zero attached hydrogens (tertiary/aromatic N) is 2. The summed E-state index contributed by atoms with van der Waals surface area (Å²) < 4.78 is 10.6. The van der Waals surface area contributed by atoms with E-state index < -0.39 is 17.3 Å². The lowest BCUT2D eigenvalue weighted by Gasteiger charge is -2.35. The van der Waals surface area contributed by atoms with Crippen LogP contribution < -0.4 is 10.5 Å². The number of rotatable bonds is 3. The Balaban J connectivity index is 2.00. The van der Waals surface area contributed by atoms with Crippen molar-refractivity contribution in [3.05, 3.63) is 52.6 Å². The van der Waals surface area contributed by atoms with Crippen molar-refractivity contribution in [1.29, 1.82) is 5.26 Å².